The maximum absolute atomic E-state index is 14.1. The molecule has 1 aromatic carbocycles. The van der Waals surface area contributed by atoms with E-state index in [1.807, 2.05) is 11.0 Å². The number of ether oxygens (including phenoxy) is 1. The van der Waals surface area contributed by atoms with E-state index in [1.165, 1.54) is 6.07 Å². The van der Waals surface area contributed by atoms with Gasteiger partial charge in [-0.25, -0.2) is 9.18 Å². The average Bonchev–Trinajstić information content (AvgIpc) is 3.08. The van der Waals surface area contributed by atoms with E-state index >= 15 is 0 Å². The standard InChI is InChI=1S/C15H21FN4O3/c1-17-11-2-3-13(12(16)10-11)19-5-7-20(8-6-19)15(21)23-14-4-9-22-18-14/h2-3,10,14,17-18H,4-9H2,1H3. The number of anilines is 2. The minimum Gasteiger partial charge on any atom is -0.428 e. The minimum absolute atomic E-state index is 0.264. The summed E-state index contributed by atoms with van der Waals surface area (Å²) in [6.07, 6.45) is -0.0972. The van der Waals surface area contributed by atoms with E-state index in [9.17, 15) is 9.18 Å². The van der Waals surface area contributed by atoms with Crippen LogP contribution in [0, 0.1) is 5.82 Å². The number of nitrogens with zero attached hydrogens (tertiary/aromatic N) is 2. The zero-order valence-electron chi connectivity index (χ0n) is 13.0. The van der Waals surface area contributed by atoms with Gasteiger partial charge in [0.2, 0.25) is 0 Å². The number of hydrogen-bond acceptors (Lipinski definition) is 6. The van der Waals surface area contributed by atoms with E-state index < -0.39 is 0 Å². The molecule has 23 heavy (non-hydrogen) atoms. The molecule has 2 aliphatic rings. The Labute approximate surface area is 134 Å². The fourth-order valence-corrected chi connectivity index (χ4v) is 2.70. The fraction of sp³-hybridized carbons (Fsp3) is 0.533. The van der Waals surface area contributed by atoms with Gasteiger partial charge in [0.05, 0.1) is 12.3 Å². The molecule has 7 nitrogen and oxygen atoms in total. The van der Waals surface area contributed by atoms with E-state index in [0.29, 0.717) is 44.9 Å². The molecule has 1 atom stereocenters. The van der Waals surface area contributed by atoms with Crippen LogP contribution in [0.1, 0.15) is 6.42 Å². The molecule has 1 amide bonds. The maximum Gasteiger partial charge on any atom is 0.411 e. The maximum atomic E-state index is 14.1. The second kappa shape index (κ2) is 7.01. The first kappa shape index (κ1) is 15.8. The summed E-state index contributed by atoms with van der Waals surface area (Å²) in [6, 6.07) is 5.07. The molecule has 0 aliphatic carbocycles. The lowest BCUT2D eigenvalue weighted by molar-refractivity contribution is -0.00241. The van der Waals surface area contributed by atoms with Crippen molar-refractivity contribution in [3.05, 3.63) is 24.0 Å². The van der Waals surface area contributed by atoms with Crippen molar-refractivity contribution in [3.63, 3.8) is 0 Å². The van der Waals surface area contributed by atoms with Crippen molar-refractivity contribution < 1.29 is 18.8 Å². The van der Waals surface area contributed by atoms with Gasteiger partial charge in [-0.3, -0.25) is 4.84 Å². The van der Waals surface area contributed by atoms with Crippen LogP contribution >= 0.6 is 0 Å². The third-order valence-corrected chi connectivity index (χ3v) is 4.05. The number of carbonyl (C=O) groups excluding carboxylic acids is 1. The van der Waals surface area contributed by atoms with Crippen LogP contribution in [0.25, 0.3) is 0 Å². The van der Waals surface area contributed by atoms with Crippen molar-refractivity contribution in [2.75, 3.05) is 50.1 Å². The summed E-state index contributed by atoms with van der Waals surface area (Å²) < 4.78 is 19.4. The summed E-state index contributed by atoms with van der Waals surface area (Å²) in [5.74, 6) is -0.264. The average molecular weight is 324 g/mol. The number of piperazine rings is 1. The fourth-order valence-electron chi connectivity index (χ4n) is 2.70. The minimum atomic E-state index is -0.382. The summed E-state index contributed by atoms with van der Waals surface area (Å²) in [5, 5.41) is 2.91. The van der Waals surface area contributed by atoms with Crippen molar-refractivity contribution >= 4 is 17.5 Å². The van der Waals surface area contributed by atoms with E-state index in [4.69, 9.17) is 9.57 Å². The number of nitrogens with one attached hydrogen (secondary N) is 2. The van der Waals surface area contributed by atoms with Crippen molar-refractivity contribution in [1.82, 2.24) is 10.4 Å². The highest BCUT2D eigenvalue weighted by Crippen LogP contribution is 2.24. The SMILES string of the molecule is CNc1ccc(N2CCN(C(=O)OC3CCON3)CC2)c(F)c1. The van der Waals surface area contributed by atoms with E-state index in [1.54, 1.807) is 18.0 Å². The monoisotopic (exact) mass is 324 g/mol. The lowest BCUT2D eigenvalue weighted by Crippen LogP contribution is -2.50. The van der Waals surface area contributed by atoms with E-state index in [2.05, 4.69) is 10.8 Å². The Morgan fingerprint density at radius 3 is 2.78 bits per heavy atom. The summed E-state index contributed by atoms with van der Waals surface area (Å²) in [4.78, 5) is 20.6. The highest BCUT2D eigenvalue weighted by Gasteiger charge is 2.27. The van der Waals surface area contributed by atoms with Crippen LogP contribution in [0.4, 0.5) is 20.6 Å². The third kappa shape index (κ3) is 3.65. The summed E-state index contributed by atoms with van der Waals surface area (Å²) in [5.41, 5.74) is 3.94. The van der Waals surface area contributed by atoms with Gasteiger partial charge >= 0.3 is 6.09 Å². The molecule has 2 aliphatic heterocycles. The van der Waals surface area contributed by atoms with Crippen molar-refractivity contribution in [2.45, 2.75) is 12.6 Å². The Kier molecular flexibility index (Phi) is 4.82. The first-order valence-electron chi connectivity index (χ1n) is 7.72. The quantitative estimate of drug-likeness (QED) is 0.876. The van der Waals surface area contributed by atoms with Crippen LogP contribution in [0.15, 0.2) is 18.2 Å². The Hall–Kier alpha value is -2.06. The number of hydroxylamine groups is 1. The summed E-state index contributed by atoms with van der Waals surface area (Å²) in [7, 11) is 1.75. The molecule has 0 aromatic heterocycles. The van der Waals surface area contributed by atoms with Crippen molar-refractivity contribution in [1.29, 1.82) is 0 Å². The molecule has 0 radical (unpaired) electrons. The molecule has 0 bridgehead atoms. The number of rotatable bonds is 3. The summed E-state index contributed by atoms with van der Waals surface area (Å²) >= 11 is 0. The molecule has 1 aromatic rings. The number of benzene rings is 1. The highest BCUT2D eigenvalue weighted by atomic mass is 19.1. The molecule has 2 fully saturated rings. The molecule has 0 saturated carbocycles. The molecule has 2 saturated heterocycles. The van der Waals surface area contributed by atoms with Gasteiger partial charge in [-0.1, -0.05) is 0 Å². The first-order chi connectivity index (χ1) is 11.2. The first-order valence-corrected chi connectivity index (χ1v) is 7.72. The molecule has 0 spiro atoms. The predicted molar refractivity (Wildman–Crippen MR) is 83.7 cm³/mol. The largest absolute Gasteiger partial charge is 0.428 e. The van der Waals surface area contributed by atoms with Gasteiger partial charge in [0.1, 0.15) is 5.82 Å². The Bertz CT molecular complexity index is 558. The molecule has 3 rings (SSSR count). The topological polar surface area (TPSA) is 66.1 Å². The van der Waals surface area contributed by atoms with Gasteiger partial charge in [-0.05, 0) is 18.2 Å². The van der Waals surface area contributed by atoms with Crippen LogP contribution in [0.5, 0.6) is 0 Å². The van der Waals surface area contributed by atoms with Gasteiger partial charge in [0.15, 0.2) is 6.23 Å². The van der Waals surface area contributed by atoms with Gasteiger partial charge in [0.25, 0.3) is 0 Å². The highest BCUT2D eigenvalue weighted by molar-refractivity contribution is 5.68. The Balaban J connectivity index is 1.54. The van der Waals surface area contributed by atoms with Gasteiger partial charge in [0, 0.05) is 45.3 Å². The molecule has 2 N–H and O–H groups in total. The molecular weight excluding hydrogens is 303 g/mol. The normalized spacial score (nSPS) is 21.4. The van der Waals surface area contributed by atoms with Gasteiger partial charge in [-0.2, -0.15) is 5.48 Å². The zero-order valence-corrected chi connectivity index (χ0v) is 13.0. The van der Waals surface area contributed by atoms with Gasteiger partial charge in [-0.15, -0.1) is 0 Å². The number of carbonyl (C=O) groups is 1. The third-order valence-electron chi connectivity index (χ3n) is 4.05. The molecule has 8 heteroatoms. The van der Waals surface area contributed by atoms with Crippen LogP contribution in [0.2, 0.25) is 0 Å². The number of halogens is 1. The number of amides is 1. The predicted octanol–water partition coefficient (Wildman–Crippen LogP) is 1.38. The lowest BCUT2D eigenvalue weighted by atomic mass is 10.2. The van der Waals surface area contributed by atoms with Crippen molar-refractivity contribution in [3.8, 4) is 0 Å². The lowest BCUT2D eigenvalue weighted by Gasteiger charge is -2.36. The zero-order chi connectivity index (χ0) is 16.2. The van der Waals surface area contributed by atoms with E-state index in [-0.39, 0.29) is 18.1 Å². The van der Waals surface area contributed by atoms with Crippen LogP contribution in [0.3, 0.4) is 0 Å². The van der Waals surface area contributed by atoms with Crippen LogP contribution in [-0.2, 0) is 9.57 Å². The van der Waals surface area contributed by atoms with Crippen LogP contribution in [-0.4, -0.2) is 57.1 Å². The number of hydrogen-bond donors (Lipinski definition) is 2. The smallest absolute Gasteiger partial charge is 0.411 e. The van der Waals surface area contributed by atoms with Crippen molar-refractivity contribution in [2.24, 2.45) is 0 Å². The molecular formula is C15H21FN4O3. The Morgan fingerprint density at radius 2 is 2.17 bits per heavy atom. The van der Waals surface area contributed by atoms with E-state index in [0.717, 1.165) is 5.69 Å². The summed E-state index contributed by atoms with van der Waals surface area (Å²) in [6.45, 7) is 2.67. The second-order valence-electron chi connectivity index (χ2n) is 5.52. The Morgan fingerprint density at radius 1 is 1.39 bits per heavy atom. The molecule has 2 heterocycles. The molecule has 126 valence electrons. The second-order valence-corrected chi connectivity index (χ2v) is 5.52. The van der Waals surface area contributed by atoms with Crippen LogP contribution < -0.4 is 15.7 Å². The van der Waals surface area contributed by atoms with Gasteiger partial charge < -0.3 is 19.9 Å². The molecule has 1 unspecified atom stereocenters.